The molecule has 2 aliphatic rings. The molecule has 2 rings (SSSR count). The van der Waals surface area contributed by atoms with Crippen molar-refractivity contribution >= 4 is 46.2 Å². The molecular formula is C18H25IN2O9S. The molecule has 0 aliphatic carbocycles. The van der Waals surface area contributed by atoms with Crippen molar-refractivity contribution in [3.8, 4) is 12.3 Å². The summed E-state index contributed by atoms with van der Waals surface area (Å²) in [7, 11) is 0. The molecule has 2 amide bonds. The number of rotatable bonds is 9. The van der Waals surface area contributed by atoms with E-state index in [0.717, 1.165) is 16.7 Å². The lowest BCUT2D eigenvalue weighted by atomic mass is 10.00. The number of hydrogen-bond donors (Lipinski definition) is 6. The average molecular weight is 572 g/mol. The van der Waals surface area contributed by atoms with Gasteiger partial charge in [-0.05, 0) is 29.5 Å². The Morgan fingerprint density at radius 2 is 1.90 bits per heavy atom. The van der Waals surface area contributed by atoms with E-state index in [0.29, 0.717) is 0 Å². The number of aliphatic hydroxyl groups is 5. The number of halogens is 1. The molecule has 3 unspecified atom stereocenters. The average Bonchev–Trinajstić information content (AvgIpc) is 2.93. The number of nitrogens with two attached hydrogens (primary N) is 1. The lowest BCUT2D eigenvalue weighted by molar-refractivity contribution is -0.293. The van der Waals surface area contributed by atoms with E-state index in [1.54, 1.807) is 22.6 Å². The number of terminal acetylenes is 1. The molecule has 7 N–H and O–H groups in total. The first-order valence-electron chi connectivity index (χ1n) is 9.26. The van der Waals surface area contributed by atoms with Crippen LogP contribution in [0.25, 0.3) is 0 Å². The Balaban J connectivity index is 2.02. The van der Waals surface area contributed by atoms with Crippen molar-refractivity contribution < 1.29 is 44.6 Å². The molecule has 174 valence electrons. The highest BCUT2D eigenvalue weighted by atomic mass is 127. The summed E-state index contributed by atoms with van der Waals surface area (Å²) in [6, 6.07) is -0.997. The summed E-state index contributed by atoms with van der Waals surface area (Å²) in [5, 5.41) is 49.6. The SMILES string of the molecule is C#CCN1C(=O)C(I)=C(SCC2O[C@H](OC[C@H](N)[C@H](O)[C@@H](C)O)C(O)C(O)[C@H]2O)C1=O. The number of ether oxygens (including phenoxy) is 2. The summed E-state index contributed by atoms with van der Waals surface area (Å²) in [5.41, 5.74) is 5.72. The monoisotopic (exact) mass is 572 g/mol. The molecule has 1 fully saturated rings. The third-order valence-corrected chi connectivity index (χ3v) is 7.30. The van der Waals surface area contributed by atoms with Gasteiger partial charge < -0.3 is 40.7 Å². The maximum absolute atomic E-state index is 12.4. The summed E-state index contributed by atoms with van der Waals surface area (Å²) < 4.78 is 11.1. The zero-order valence-corrected chi connectivity index (χ0v) is 19.5. The Morgan fingerprint density at radius 3 is 2.48 bits per heavy atom. The van der Waals surface area contributed by atoms with Crippen LogP contribution in [0.15, 0.2) is 8.48 Å². The standard InChI is InChI=1S/C18H25IN2O9S/c1-3-4-21-16(27)10(19)15(17(21)28)31-6-9-12(24)13(25)14(26)18(30-9)29-5-8(20)11(23)7(2)22/h1,7-9,11-14,18,22-26H,4-6,20H2,2H3/t7-,8+,9?,11-,12+,13?,14?,18+/m1/s1. The normalized spacial score (nSPS) is 32.2. The Hall–Kier alpha value is -0.800. The van der Waals surface area contributed by atoms with Gasteiger partial charge in [0.1, 0.15) is 18.3 Å². The number of carbonyl (C=O) groups excluding carboxylic acids is 2. The van der Waals surface area contributed by atoms with Gasteiger partial charge in [-0.3, -0.25) is 14.5 Å². The number of aliphatic hydroxyl groups excluding tert-OH is 5. The maximum Gasteiger partial charge on any atom is 0.269 e. The maximum atomic E-state index is 12.4. The zero-order chi connectivity index (χ0) is 23.5. The summed E-state index contributed by atoms with van der Waals surface area (Å²) >= 11 is 2.68. The van der Waals surface area contributed by atoms with Crippen LogP contribution in [0.1, 0.15) is 6.92 Å². The van der Waals surface area contributed by atoms with Crippen molar-refractivity contribution in [1.82, 2.24) is 4.90 Å². The van der Waals surface area contributed by atoms with E-state index in [9.17, 15) is 35.1 Å². The Morgan fingerprint density at radius 1 is 1.26 bits per heavy atom. The van der Waals surface area contributed by atoms with Gasteiger partial charge in [0.15, 0.2) is 6.29 Å². The fourth-order valence-corrected chi connectivity index (χ4v) is 4.95. The van der Waals surface area contributed by atoms with E-state index in [2.05, 4.69) is 5.92 Å². The third-order valence-electron chi connectivity index (χ3n) is 4.77. The van der Waals surface area contributed by atoms with Crippen LogP contribution < -0.4 is 5.73 Å². The first-order chi connectivity index (χ1) is 14.5. The molecule has 1 saturated heterocycles. The van der Waals surface area contributed by atoms with E-state index >= 15 is 0 Å². The summed E-state index contributed by atoms with van der Waals surface area (Å²) in [4.78, 5) is 25.6. The molecular weight excluding hydrogens is 547 g/mol. The second-order valence-electron chi connectivity index (χ2n) is 7.10. The van der Waals surface area contributed by atoms with Crippen LogP contribution in [0.2, 0.25) is 0 Å². The minimum atomic E-state index is -1.62. The third kappa shape index (κ3) is 5.96. The molecule has 2 aliphatic heterocycles. The molecule has 11 nitrogen and oxygen atoms in total. The van der Waals surface area contributed by atoms with Crippen LogP contribution in [0.5, 0.6) is 0 Å². The predicted octanol–water partition coefficient (Wildman–Crippen LogP) is -2.74. The highest BCUT2D eigenvalue weighted by Crippen LogP contribution is 2.35. The predicted molar refractivity (Wildman–Crippen MR) is 117 cm³/mol. The molecule has 0 saturated carbocycles. The number of imide groups is 1. The van der Waals surface area contributed by atoms with Crippen LogP contribution in [-0.4, -0.2) is 110 Å². The van der Waals surface area contributed by atoms with Gasteiger partial charge in [0.25, 0.3) is 11.8 Å². The second-order valence-corrected chi connectivity index (χ2v) is 9.21. The molecule has 0 aromatic carbocycles. The quantitative estimate of drug-likeness (QED) is 0.0958. The van der Waals surface area contributed by atoms with Gasteiger partial charge in [-0.15, -0.1) is 18.2 Å². The summed E-state index contributed by atoms with van der Waals surface area (Å²) in [5.74, 6) is 1.12. The number of nitrogens with zero attached hydrogens (tertiary/aromatic N) is 1. The molecule has 0 aromatic rings. The summed E-state index contributed by atoms with van der Waals surface area (Å²) in [6.45, 7) is 0.864. The first-order valence-corrected chi connectivity index (χ1v) is 11.3. The minimum absolute atomic E-state index is 0.0437. The molecule has 2 heterocycles. The molecule has 0 aromatic heterocycles. The highest BCUT2D eigenvalue weighted by molar-refractivity contribution is 14.1. The van der Waals surface area contributed by atoms with Crippen LogP contribution in [0.4, 0.5) is 0 Å². The number of thioether (sulfide) groups is 1. The first kappa shape index (κ1) is 26.5. The Kier molecular flexibility index (Phi) is 9.70. The van der Waals surface area contributed by atoms with Gasteiger partial charge in [-0.2, -0.15) is 0 Å². The van der Waals surface area contributed by atoms with Crippen LogP contribution in [-0.2, 0) is 19.1 Å². The molecule has 13 heteroatoms. The van der Waals surface area contributed by atoms with E-state index in [-0.39, 0.29) is 27.4 Å². The second kappa shape index (κ2) is 11.4. The smallest absolute Gasteiger partial charge is 0.269 e. The molecule has 0 radical (unpaired) electrons. The van der Waals surface area contributed by atoms with Crippen molar-refractivity contribution in [2.75, 3.05) is 18.9 Å². The Labute approximate surface area is 196 Å². The van der Waals surface area contributed by atoms with Gasteiger partial charge in [0, 0.05) is 5.75 Å². The van der Waals surface area contributed by atoms with Crippen LogP contribution in [0.3, 0.4) is 0 Å². The van der Waals surface area contributed by atoms with E-state index < -0.39 is 60.8 Å². The van der Waals surface area contributed by atoms with E-state index in [1.165, 1.54) is 6.92 Å². The number of amides is 2. The van der Waals surface area contributed by atoms with Crippen molar-refractivity contribution in [1.29, 1.82) is 0 Å². The van der Waals surface area contributed by atoms with Crippen molar-refractivity contribution in [2.45, 2.75) is 55.9 Å². The van der Waals surface area contributed by atoms with Crippen molar-refractivity contribution in [3.05, 3.63) is 8.48 Å². The van der Waals surface area contributed by atoms with Crippen LogP contribution >= 0.6 is 34.4 Å². The van der Waals surface area contributed by atoms with Crippen molar-refractivity contribution in [2.24, 2.45) is 5.73 Å². The molecule has 0 spiro atoms. The Bertz CT molecular complexity index is 759. The van der Waals surface area contributed by atoms with E-state index in [1.807, 2.05) is 0 Å². The molecule has 0 bridgehead atoms. The molecule has 31 heavy (non-hydrogen) atoms. The van der Waals surface area contributed by atoms with Crippen LogP contribution in [0, 0.1) is 12.3 Å². The van der Waals surface area contributed by atoms with Crippen molar-refractivity contribution in [3.63, 3.8) is 0 Å². The lowest BCUT2D eigenvalue weighted by Gasteiger charge is -2.40. The van der Waals surface area contributed by atoms with Gasteiger partial charge in [0.05, 0.1) is 46.0 Å². The minimum Gasteiger partial charge on any atom is -0.391 e. The highest BCUT2D eigenvalue weighted by Gasteiger charge is 2.45. The number of carbonyl (C=O) groups is 2. The fourth-order valence-electron chi connectivity index (χ4n) is 2.90. The molecule has 8 atom stereocenters. The zero-order valence-electron chi connectivity index (χ0n) is 16.5. The largest absolute Gasteiger partial charge is 0.391 e. The summed E-state index contributed by atoms with van der Waals surface area (Å²) in [6.07, 6.45) is -4.37. The van der Waals surface area contributed by atoms with Gasteiger partial charge in [-0.1, -0.05) is 5.92 Å². The number of hydrogen-bond acceptors (Lipinski definition) is 11. The van der Waals surface area contributed by atoms with E-state index in [4.69, 9.17) is 21.6 Å². The van der Waals surface area contributed by atoms with Gasteiger partial charge in [-0.25, -0.2) is 0 Å². The fraction of sp³-hybridized carbons (Fsp3) is 0.667. The topological polar surface area (TPSA) is 183 Å². The lowest BCUT2D eigenvalue weighted by Crippen LogP contribution is -2.59. The van der Waals surface area contributed by atoms with Gasteiger partial charge >= 0.3 is 0 Å². The van der Waals surface area contributed by atoms with Gasteiger partial charge in [0.2, 0.25) is 0 Å².